The molecule has 2 aromatic rings. The van der Waals surface area contributed by atoms with Gasteiger partial charge in [-0.15, -0.1) is 0 Å². The highest BCUT2D eigenvalue weighted by atomic mass is 19.1. The summed E-state index contributed by atoms with van der Waals surface area (Å²) in [4.78, 5) is 8.22. The average Bonchev–Trinajstić information content (AvgIpc) is 2.67. The van der Waals surface area contributed by atoms with E-state index < -0.39 is 0 Å². The molecule has 0 atom stereocenters. The number of pyridine rings is 1. The van der Waals surface area contributed by atoms with Crippen molar-refractivity contribution in [3.8, 4) is 11.5 Å². The van der Waals surface area contributed by atoms with Crippen LogP contribution in [0.2, 0.25) is 0 Å². The summed E-state index contributed by atoms with van der Waals surface area (Å²) < 4.78 is 14.7. The van der Waals surface area contributed by atoms with Crippen molar-refractivity contribution < 1.29 is 4.39 Å². The number of hydrogen-bond acceptors (Lipinski definition) is 2. The maximum Gasteiger partial charge on any atom is 0.158 e. The summed E-state index contributed by atoms with van der Waals surface area (Å²) in [6, 6.07) is 3.34. The van der Waals surface area contributed by atoms with E-state index in [4.69, 9.17) is 0 Å². The Morgan fingerprint density at radius 1 is 1.27 bits per heavy atom. The molecule has 0 unspecified atom stereocenters. The Morgan fingerprint density at radius 2 is 2.07 bits per heavy atom. The second-order valence-corrected chi connectivity index (χ2v) is 3.61. The number of nitrogens with zero attached hydrogens (tertiary/aromatic N) is 3. The fourth-order valence-corrected chi connectivity index (χ4v) is 1.44. The van der Waals surface area contributed by atoms with Gasteiger partial charge in [0.2, 0.25) is 0 Å². The third-order valence-electron chi connectivity index (χ3n) is 2.18. The van der Waals surface area contributed by atoms with Gasteiger partial charge in [-0.3, -0.25) is 0 Å². The van der Waals surface area contributed by atoms with Gasteiger partial charge in [0.15, 0.2) is 5.82 Å². The standard InChI is InChI=1S/C11H12FN3/c1-8(2)15-6-5-13-11(15)10-4-3-9(12)7-14-10/h3-8H,1-2H3. The molecule has 2 rings (SSSR count). The van der Waals surface area contributed by atoms with Crippen molar-refractivity contribution in [2.24, 2.45) is 0 Å². The van der Waals surface area contributed by atoms with Gasteiger partial charge >= 0.3 is 0 Å². The lowest BCUT2D eigenvalue weighted by atomic mass is 10.3. The van der Waals surface area contributed by atoms with Gasteiger partial charge in [-0.2, -0.15) is 0 Å². The van der Waals surface area contributed by atoms with Gasteiger partial charge in [0.25, 0.3) is 0 Å². The number of aromatic nitrogens is 3. The average molecular weight is 205 g/mol. The van der Waals surface area contributed by atoms with Crippen LogP contribution in [-0.2, 0) is 0 Å². The zero-order valence-electron chi connectivity index (χ0n) is 8.68. The molecule has 2 heterocycles. The van der Waals surface area contributed by atoms with E-state index in [9.17, 15) is 4.39 Å². The summed E-state index contributed by atoms with van der Waals surface area (Å²) in [5, 5.41) is 0. The topological polar surface area (TPSA) is 30.7 Å². The quantitative estimate of drug-likeness (QED) is 0.754. The van der Waals surface area contributed by atoms with Crippen molar-refractivity contribution >= 4 is 0 Å². The van der Waals surface area contributed by atoms with Gasteiger partial charge in [-0.25, -0.2) is 14.4 Å². The molecule has 0 aliphatic rings. The predicted molar refractivity (Wildman–Crippen MR) is 55.8 cm³/mol. The molecule has 0 fully saturated rings. The van der Waals surface area contributed by atoms with E-state index in [-0.39, 0.29) is 5.82 Å². The number of halogens is 1. The van der Waals surface area contributed by atoms with Crippen molar-refractivity contribution in [1.29, 1.82) is 0 Å². The Labute approximate surface area is 87.6 Å². The summed E-state index contributed by atoms with van der Waals surface area (Å²) in [7, 11) is 0. The van der Waals surface area contributed by atoms with Crippen molar-refractivity contribution in [3.05, 3.63) is 36.5 Å². The predicted octanol–water partition coefficient (Wildman–Crippen LogP) is 2.67. The second kappa shape index (κ2) is 3.81. The minimum Gasteiger partial charge on any atom is -0.327 e. The molecule has 4 heteroatoms. The first-order valence-electron chi connectivity index (χ1n) is 4.83. The third-order valence-corrected chi connectivity index (χ3v) is 2.18. The lowest BCUT2D eigenvalue weighted by molar-refractivity contribution is 0.603. The van der Waals surface area contributed by atoms with Gasteiger partial charge < -0.3 is 4.57 Å². The van der Waals surface area contributed by atoms with Crippen LogP contribution in [-0.4, -0.2) is 14.5 Å². The fourth-order valence-electron chi connectivity index (χ4n) is 1.44. The molecule has 0 bridgehead atoms. The first kappa shape index (κ1) is 9.83. The largest absolute Gasteiger partial charge is 0.327 e. The summed E-state index contributed by atoms with van der Waals surface area (Å²) in [5.41, 5.74) is 0.690. The third kappa shape index (κ3) is 1.88. The lowest BCUT2D eigenvalue weighted by Crippen LogP contribution is -2.02. The van der Waals surface area contributed by atoms with E-state index in [0.29, 0.717) is 11.7 Å². The highest BCUT2D eigenvalue weighted by Gasteiger charge is 2.09. The summed E-state index contributed by atoms with van der Waals surface area (Å²) >= 11 is 0. The molecule has 15 heavy (non-hydrogen) atoms. The van der Waals surface area contributed by atoms with Crippen LogP contribution in [0.15, 0.2) is 30.7 Å². The maximum atomic E-state index is 12.7. The second-order valence-electron chi connectivity index (χ2n) is 3.61. The SMILES string of the molecule is CC(C)n1ccnc1-c1ccc(F)cn1. The molecule has 0 spiro atoms. The Balaban J connectivity index is 2.45. The van der Waals surface area contributed by atoms with Crippen LogP contribution in [0.3, 0.4) is 0 Å². The van der Waals surface area contributed by atoms with E-state index in [1.807, 2.05) is 10.8 Å². The summed E-state index contributed by atoms with van der Waals surface area (Å²) in [6.45, 7) is 4.13. The van der Waals surface area contributed by atoms with Gasteiger partial charge in [0.1, 0.15) is 11.5 Å². The molecular weight excluding hydrogens is 193 g/mol. The Bertz CT molecular complexity index is 445. The van der Waals surface area contributed by atoms with E-state index >= 15 is 0 Å². The summed E-state index contributed by atoms with van der Waals surface area (Å²) in [6.07, 6.45) is 4.82. The van der Waals surface area contributed by atoms with Crippen LogP contribution in [0.25, 0.3) is 11.5 Å². The molecule has 78 valence electrons. The molecule has 0 amide bonds. The van der Waals surface area contributed by atoms with E-state index in [0.717, 1.165) is 5.82 Å². The van der Waals surface area contributed by atoms with Gasteiger partial charge in [-0.1, -0.05) is 0 Å². The molecule has 0 aromatic carbocycles. The molecule has 2 aromatic heterocycles. The van der Waals surface area contributed by atoms with Crippen LogP contribution < -0.4 is 0 Å². The van der Waals surface area contributed by atoms with Crippen LogP contribution in [0.1, 0.15) is 19.9 Å². The highest BCUT2D eigenvalue weighted by Crippen LogP contribution is 2.18. The Hall–Kier alpha value is -1.71. The molecule has 0 aliphatic carbocycles. The van der Waals surface area contributed by atoms with Crippen molar-refractivity contribution in [3.63, 3.8) is 0 Å². The molecule has 0 radical (unpaired) electrons. The van der Waals surface area contributed by atoms with Crippen LogP contribution in [0.5, 0.6) is 0 Å². The number of imidazole rings is 1. The highest BCUT2D eigenvalue weighted by molar-refractivity contribution is 5.49. The smallest absolute Gasteiger partial charge is 0.158 e. The molecular formula is C11H12FN3. The van der Waals surface area contributed by atoms with Crippen LogP contribution >= 0.6 is 0 Å². The van der Waals surface area contributed by atoms with Crippen molar-refractivity contribution in [2.75, 3.05) is 0 Å². The van der Waals surface area contributed by atoms with E-state index in [2.05, 4.69) is 23.8 Å². The van der Waals surface area contributed by atoms with Gasteiger partial charge in [-0.05, 0) is 26.0 Å². The monoisotopic (exact) mass is 205 g/mol. The minimum absolute atomic E-state index is 0.314. The van der Waals surface area contributed by atoms with Gasteiger partial charge in [0, 0.05) is 18.4 Å². The molecule has 0 N–H and O–H groups in total. The van der Waals surface area contributed by atoms with Crippen LogP contribution in [0.4, 0.5) is 4.39 Å². The zero-order chi connectivity index (χ0) is 10.8. The van der Waals surface area contributed by atoms with E-state index in [1.165, 1.54) is 12.3 Å². The van der Waals surface area contributed by atoms with Crippen LogP contribution in [0, 0.1) is 5.82 Å². The normalized spacial score (nSPS) is 10.9. The Morgan fingerprint density at radius 3 is 2.67 bits per heavy atom. The molecule has 0 saturated heterocycles. The number of rotatable bonds is 2. The first-order valence-corrected chi connectivity index (χ1v) is 4.83. The minimum atomic E-state index is -0.332. The zero-order valence-corrected chi connectivity index (χ0v) is 8.68. The van der Waals surface area contributed by atoms with E-state index in [1.54, 1.807) is 12.3 Å². The number of hydrogen-bond donors (Lipinski definition) is 0. The van der Waals surface area contributed by atoms with Crippen molar-refractivity contribution in [2.45, 2.75) is 19.9 Å². The molecule has 0 aliphatic heterocycles. The first-order chi connectivity index (χ1) is 7.18. The molecule has 3 nitrogen and oxygen atoms in total. The summed E-state index contributed by atoms with van der Waals surface area (Å²) in [5.74, 6) is 0.436. The lowest BCUT2D eigenvalue weighted by Gasteiger charge is -2.10. The fraction of sp³-hybridized carbons (Fsp3) is 0.273. The van der Waals surface area contributed by atoms with Gasteiger partial charge in [0.05, 0.1) is 6.20 Å². The maximum absolute atomic E-state index is 12.7. The van der Waals surface area contributed by atoms with Crippen molar-refractivity contribution in [1.82, 2.24) is 14.5 Å². The molecule has 0 saturated carbocycles. The Kier molecular flexibility index (Phi) is 2.49.